The number of carbonyl (C=O) groups excluding carboxylic acids is 2. The lowest BCUT2D eigenvalue weighted by Gasteiger charge is -2.18. The highest BCUT2D eigenvalue weighted by Gasteiger charge is 2.17. The summed E-state index contributed by atoms with van der Waals surface area (Å²) in [6.07, 6.45) is 20.9. The summed E-state index contributed by atoms with van der Waals surface area (Å²) in [5.74, 6) is 1.30. The van der Waals surface area contributed by atoms with Crippen molar-refractivity contribution < 1.29 is 23.8 Å². The van der Waals surface area contributed by atoms with Crippen LogP contribution in [-0.2, 0) is 19.0 Å². The van der Waals surface area contributed by atoms with Crippen molar-refractivity contribution in [1.29, 1.82) is 0 Å². The number of rotatable bonds is 22. The predicted molar refractivity (Wildman–Crippen MR) is 148 cm³/mol. The van der Waals surface area contributed by atoms with Gasteiger partial charge in [-0.05, 0) is 52.9 Å². The Bertz CT molecular complexity index is 518. The number of carbonyl (C=O) groups is 2. The lowest BCUT2D eigenvalue weighted by Crippen LogP contribution is -2.24. The average molecular weight is 519 g/mol. The van der Waals surface area contributed by atoms with Gasteiger partial charge in [-0.3, -0.25) is 4.79 Å². The smallest absolute Gasteiger partial charge is 0.465 e. The molecule has 5 nitrogen and oxygen atoms in total. The van der Waals surface area contributed by atoms with Gasteiger partial charge in [0.15, 0.2) is 0 Å². The summed E-state index contributed by atoms with van der Waals surface area (Å²) in [4.78, 5) is 23.2. The van der Waals surface area contributed by atoms with E-state index in [1.54, 1.807) is 42.4 Å². The van der Waals surface area contributed by atoms with E-state index in [0.29, 0.717) is 25.4 Å². The molecule has 200 valence electrons. The van der Waals surface area contributed by atoms with Crippen LogP contribution in [0.2, 0.25) is 0 Å². The van der Waals surface area contributed by atoms with Crippen molar-refractivity contribution in [1.82, 2.24) is 0 Å². The number of hydrogen-bond donors (Lipinski definition) is 0. The third-order valence-corrected chi connectivity index (χ3v) is 7.27. The number of esters is 1. The molecular weight excluding hydrogens is 468 g/mol. The zero-order chi connectivity index (χ0) is 25.3. The quantitative estimate of drug-likeness (QED) is 0.0613. The van der Waals surface area contributed by atoms with E-state index in [9.17, 15) is 9.59 Å². The van der Waals surface area contributed by atoms with Crippen molar-refractivity contribution in [2.45, 2.75) is 123 Å². The van der Waals surface area contributed by atoms with E-state index < -0.39 is 11.8 Å². The van der Waals surface area contributed by atoms with E-state index in [2.05, 4.69) is 19.1 Å². The van der Waals surface area contributed by atoms with Gasteiger partial charge in [-0.15, -0.1) is 0 Å². The molecule has 7 heteroatoms. The maximum atomic E-state index is 11.8. The molecule has 0 saturated carbocycles. The molecule has 0 bridgehead atoms. The second-order valence-corrected chi connectivity index (χ2v) is 12.2. The average Bonchev–Trinajstić information content (AvgIpc) is 2.77. The minimum absolute atomic E-state index is 0.100. The zero-order valence-electron chi connectivity index (χ0n) is 22.2. The molecule has 0 spiro atoms. The largest absolute Gasteiger partial charge is 0.508 e. The molecule has 0 atom stereocenters. The maximum absolute atomic E-state index is 11.8. The lowest BCUT2D eigenvalue weighted by molar-refractivity contribution is -0.143. The van der Waals surface area contributed by atoms with E-state index >= 15 is 0 Å². The van der Waals surface area contributed by atoms with Crippen LogP contribution in [0, 0.1) is 0 Å². The fourth-order valence-electron chi connectivity index (χ4n) is 3.16. The maximum Gasteiger partial charge on any atom is 0.508 e. The summed E-state index contributed by atoms with van der Waals surface area (Å²) in [5.41, 5.74) is -0.535. The molecule has 0 aromatic heterocycles. The van der Waals surface area contributed by atoms with E-state index in [1.165, 1.54) is 70.6 Å². The molecule has 0 saturated heterocycles. The van der Waals surface area contributed by atoms with E-state index in [4.69, 9.17) is 14.2 Å². The molecule has 0 aliphatic carbocycles. The number of ether oxygens (including phenoxy) is 3. The summed E-state index contributed by atoms with van der Waals surface area (Å²) in [7, 11) is 3.20. The minimum Gasteiger partial charge on any atom is -0.465 e. The van der Waals surface area contributed by atoms with Gasteiger partial charge in [0, 0.05) is 17.9 Å². The Kier molecular flexibility index (Phi) is 23.3. The molecule has 0 aliphatic heterocycles. The summed E-state index contributed by atoms with van der Waals surface area (Å²) in [6, 6.07) is 0. The van der Waals surface area contributed by atoms with Crippen LogP contribution in [0.1, 0.15) is 118 Å². The van der Waals surface area contributed by atoms with Crippen LogP contribution >= 0.6 is 21.6 Å². The van der Waals surface area contributed by atoms with Gasteiger partial charge in [-0.2, -0.15) is 0 Å². The minimum atomic E-state index is -0.636. The van der Waals surface area contributed by atoms with Gasteiger partial charge in [0.1, 0.15) is 18.8 Å². The van der Waals surface area contributed by atoms with Crippen molar-refractivity contribution in [2.24, 2.45) is 0 Å². The Labute approximate surface area is 217 Å². The molecule has 0 unspecified atom stereocenters. The van der Waals surface area contributed by atoms with Crippen LogP contribution in [0.5, 0.6) is 0 Å². The fourth-order valence-corrected chi connectivity index (χ4v) is 4.81. The normalized spacial score (nSPS) is 11.6. The van der Waals surface area contributed by atoms with Gasteiger partial charge < -0.3 is 14.2 Å². The first kappa shape index (κ1) is 33.2. The summed E-state index contributed by atoms with van der Waals surface area (Å²) < 4.78 is 15.3. The van der Waals surface area contributed by atoms with Crippen molar-refractivity contribution >= 4 is 33.7 Å². The molecule has 0 amide bonds. The van der Waals surface area contributed by atoms with Crippen LogP contribution in [0.25, 0.3) is 0 Å². The first-order valence-corrected chi connectivity index (χ1v) is 15.7. The van der Waals surface area contributed by atoms with E-state index in [-0.39, 0.29) is 5.97 Å². The van der Waals surface area contributed by atoms with Crippen molar-refractivity contribution in [3.63, 3.8) is 0 Å². The lowest BCUT2D eigenvalue weighted by atomic mass is 10.1. The van der Waals surface area contributed by atoms with Gasteiger partial charge in [0.05, 0.1) is 0 Å². The van der Waals surface area contributed by atoms with Crippen molar-refractivity contribution in [3.8, 4) is 0 Å². The highest BCUT2D eigenvalue weighted by Crippen LogP contribution is 2.20. The molecule has 0 aromatic rings. The SMILES string of the molecule is CCCCCCCC/C=C\CCCCCCCC(=O)OCCSSCCOC(=O)OC(C)(C)C. The first-order chi connectivity index (χ1) is 16.3. The van der Waals surface area contributed by atoms with Crippen LogP contribution in [0.15, 0.2) is 12.2 Å². The first-order valence-electron chi connectivity index (χ1n) is 13.3. The van der Waals surface area contributed by atoms with E-state index in [1.807, 2.05) is 0 Å². The van der Waals surface area contributed by atoms with Gasteiger partial charge in [0.25, 0.3) is 0 Å². The molecule has 0 N–H and O–H groups in total. The molecule has 0 rings (SSSR count). The Hall–Kier alpha value is -0.820. The highest BCUT2D eigenvalue weighted by molar-refractivity contribution is 8.76. The number of unbranched alkanes of at least 4 members (excludes halogenated alkanes) is 11. The van der Waals surface area contributed by atoms with Crippen LogP contribution in [0.3, 0.4) is 0 Å². The molecule has 0 radical (unpaired) electrons. The number of allylic oxidation sites excluding steroid dienone is 2. The monoisotopic (exact) mass is 518 g/mol. The zero-order valence-corrected chi connectivity index (χ0v) is 23.9. The van der Waals surface area contributed by atoms with Gasteiger partial charge in [0.2, 0.25) is 0 Å². The predicted octanol–water partition coefficient (Wildman–Crippen LogP) is 8.90. The van der Waals surface area contributed by atoms with Crippen LogP contribution < -0.4 is 0 Å². The molecule has 0 aromatic carbocycles. The fraction of sp³-hybridized carbons (Fsp3) is 0.852. The summed E-state index contributed by atoms with van der Waals surface area (Å²) >= 11 is 0. The van der Waals surface area contributed by atoms with Crippen LogP contribution in [0.4, 0.5) is 4.79 Å². The third-order valence-electron chi connectivity index (χ3n) is 4.93. The Morgan fingerprint density at radius 3 is 1.76 bits per heavy atom. The number of hydrogen-bond acceptors (Lipinski definition) is 7. The Balaban J connectivity index is 3.31. The highest BCUT2D eigenvalue weighted by atomic mass is 33.1. The second kappa shape index (κ2) is 23.9. The van der Waals surface area contributed by atoms with Gasteiger partial charge in [-0.1, -0.05) is 92.0 Å². The van der Waals surface area contributed by atoms with Gasteiger partial charge in [-0.25, -0.2) is 4.79 Å². The molecule has 0 fully saturated rings. The molecule has 34 heavy (non-hydrogen) atoms. The van der Waals surface area contributed by atoms with E-state index in [0.717, 1.165) is 18.6 Å². The van der Waals surface area contributed by atoms with Crippen molar-refractivity contribution in [3.05, 3.63) is 12.2 Å². The topological polar surface area (TPSA) is 61.8 Å². The molecule has 0 heterocycles. The summed E-state index contributed by atoms with van der Waals surface area (Å²) in [5, 5.41) is 0. The van der Waals surface area contributed by atoms with Crippen LogP contribution in [-0.4, -0.2) is 42.4 Å². The third kappa shape index (κ3) is 27.4. The van der Waals surface area contributed by atoms with Gasteiger partial charge >= 0.3 is 12.1 Å². The Morgan fingerprint density at radius 1 is 0.706 bits per heavy atom. The summed E-state index contributed by atoms with van der Waals surface area (Å²) in [6.45, 7) is 8.40. The standard InChI is InChI=1S/C27H50O5S2/c1-5-6-7-8-9-10-11-12-13-14-15-16-17-18-19-20-25(28)30-21-23-33-34-24-22-31-26(29)32-27(2,3)4/h12-13H,5-11,14-24H2,1-4H3/b13-12-. The van der Waals surface area contributed by atoms with Crippen molar-refractivity contribution in [2.75, 3.05) is 24.7 Å². The molecule has 0 aliphatic rings. The second-order valence-electron chi connectivity index (χ2n) is 9.51. The Morgan fingerprint density at radius 2 is 1.21 bits per heavy atom. The molecular formula is C27H50O5S2.